The van der Waals surface area contributed by atoms with Crippen LogP contribution in [0.2, 0.25) is 0 Å². The number of nitrogens with zero attached hydrogens (tertiary/aromatic N) is 3. The Balaban J connectivity index is 2.04. The van der Waals surface area contributed by atoms with Crippen molar-refractivity contribution in [2.45, 2.75) is 12.1 Å². The van der Waals surface area contributed by atoms with E-state index < -0.39 is 0 Å². The molecule has 2 heterocycles. The highest BCUT2D eigenvalue weighted by Crippen LogP contribution is 2.22. The molecule has 5 heteroatoms. The summed E-state index contributed by atoms with van der Waals surface area (Å²) in [5.41, 5.74) is 5.55. The average molecular weight is 210 g/mol. The van der Waals surface area contributed by atoms with Crippen LogP contribution in [0.1, 0.15) is 6.04 Å². The van der Waals surface area contributed by atoms with Gasteiger partial charge in [0, 0.05) is 45.7 Å². The van der Waals surface area contributed by atoms with Crippen LogP contribution in [0.25, 0.3) is 0 Å². The van der Waals surface area contributed by atoms with Crippen molar-refractivity contribution in [2.24, 2.45) is 5.73 Å². The maximum Gasteiger partial charge on any atom is 0.0934 e. The van der Waals surface area contributed by atoms with E-state index in [1.54, 1.807) is 13.3 Å². The van der Waals surface area contributed by atoms with Crippen molar-refractivity contribution >= 4 is 0 Å². The molecule has 1 aliphatic heterocycles. The molecule has 0 amide bonds. The minimum atomic E-state index is 0.219. The molecule has 1 fully saturated rings. The number of hydrogen-bond donors (Lipinski definition) is 1. The number of ether oxygens (including phenoxy) is 1. The lowest BCUT2D eigenvalue weighted by Gasteiger charge is -2.16. The van der Waals surface area contributed by atoms with Gasteiger partial charge in [-0.2, -0.15) is 5.10 Å². The van der Waals surface area contributed by atoms with Crippen LogP contribution >= 0.6 is 0 Å². The summed E-state index contributed by atoms with van der Waals surface area (Å²) in [6.07, 6.45) is 4.01. The van der Waals surface area contributed by atoms with Gasteiger partial charge in [0.05, 0.1) is 12.1 Å². The minimum absolute atomic E-state index is 0.219. The molecule has 0 aliphatic carbocycles. The lowest BCUT2D eigenvalue weighted by molar-refractivity contribution is 0.0783. The van der Waals surface area contributed by atoms with E-state index >= 15 is 0 Å². The van der Waals surface area contributed by atoms with Crippen LogP contribution in [-0.4, -0.2) is 54.1 Å². The second kappa shape index (κ2) is 4.74. The molecule has 2 atom stereocenters. The zero-order chi connectivity index (χ0) is 10.7. The third-order valence-corrected chi connectivity index (χ3v) is 2.93. The van der Waals surface area contributed by atoms with Crippen LogP contribution in [0.5, 0.6) is 0 Å². The summed E-state index contributed by atoms with van der Waals surface area (Å²) in [6.45, 7) is 3.54. The van der Waals surface area contributed by atoms with Crippen molar-refractivity contribution in [3.63, 3.8) is 0 Å². The maximum atomic E-state index is 5.55. The van der Waals surface area contributed by atoms with E-state index in [9.17, 15) is 0 Å². The molecule has 0 bridgehead atoms. The molecular weight excluding hydrogens is 192 g/mol. The molecule has 84 valence electrons. The number of nitrogens with two attached hydrogens (primary N) is 1. The topological polar surface area (TPSA) is 56.3 Å². The van der Waals surface area contributed by atoms with Crippen LogP contribution in [0.4, 0.5) is 0 Å². The van der Waals surface area contributed by atoms with E-state index in [1.165, 1.54) is 0 Å². The van der Waals surface area contributed by atoms with Gasteiger partial charge in [-0.3, -0.25) is 9.58 Å². The Morgan fingerprint density at radius 3 is 3.00 bits per heavy atom. The number of likely N-dealkylation sites (tertiary alicyclic amines) is 1. The fourth-order valence-electron chi connectivity index (χ4n) is 2.16. The standard InChI is InChI=1S/C10H18N4O/c1-15-10-8-13(6-3-11)7-9(10)14-5-2-4-12-14/h2,4-5,9-10H,3,6-8,11H2,1H3/t9-,10-/m1/s1. The molecule has 0 saturated carbocycles. The van der Waals surface area contributed by atoms with Gasteiger partial charge in [-0.15, -0.1) is 0 Å². The first-order valence-electron chi connectivity index (χ1n) is 5.29. The van der Waals surface area contributed by atoms with Crippen molar-refractivity contribution < 1.29 is 4.74 Å². The van der Waals surface area contributed by atoms with Crippen molar-refractivity contribution in [3.05, 3.63) is 18.5 Å². The molecule has 1 aromatic rings. The predicted octanol–water partition coefficient (Wildman–Crippen LogP) is -0.286. The first-order valence-corrected chi connectivity index (χ1v) is 5.29. The van der Waals surface area contributed by atoms with E-state index in [4.69, 9.17) is 10.5 Å². The highest BCUT2D eigenvalue weighted by atomic mass is 16.5. The molecule has 0 radical (unpaired) electrons. The number of rotatable bonds is 4. The third kappa shape index (κ3) is 2.19. The first kappa shape index (κ1) is 10.6. The average Bonchev–Trinajstić information content (AvgIpc) is 2.84. The van der Waals surface area contributed by atoms with Gasteiger partial charge in [0.1, 0.15) is 0 Å². The second-order valence-corrected chi connectivity index (χ2v) is 3.88. The number of aromatic nitrogens is 2. The van der Waals surface area contributed by atoms with Crippen LogP contribution in [0.15, 0.2) is 18.5 Å². The molecule has 2 rings (SSSR count). The SMILES string of the molecule is CO[C@@H]1CN(CCN)C[C@H]1n1cccn1. The van der Waals surface area contributed by atoms with Gasteiger partial charge in [0.25, 0.3) is 0 Å². The fraction of sp³-hybridized carbons (Fsp3) is 0.700. The molecule has 15 heavy (non-hydrogen) atoms. The summed E-state index contributed by atoms with van der Waals surface area (Å²) >= 11 is 0. The van der Waals surface area contributed by atoms with Gasteiger partial charge >= 0.3 is 0 Å². The molecular formula is C10H18N4O. The van der Waals surface area contributed by atoms with E-state index in [2.05, 4.69) is 10.00 Å². The summed E-state index contributed by atoms with van der Waals surface area (Å²) in [6, 6.07) is 2.26. The van der Waals surface area contributed by atoms with Gasteiger partial charge in [-0.05, 0) is 6.07 Å². The highest BCUT2D eigenvalue weighted by molar-refractivity contribution is 4.92. The van der Waals surface area contributed by atoms with Crippen LogP contribution in [0, 0.1) is 0 Å². The zero-order valence-electron chi connectivity index (χ0n) is 9.04. The maximum absolute atomic E-state index is 5.55. The molecule has 5 nitrogen and oxygen atoms in total. The molecule has 1 aliphatic rings. The lowest BCUT2D eigenvalue weighted by Crippen LogP contribution is -2.28. The van der Waals surface area contributed by atoms with Crippen molar-refractivity contribution in [1.29, 1.82) is 0 Å². The van der Waals surface area contributed by atoms with Gasteiger partial charge in [-0.25, -0.2) is 0 Å². The van der Waals surface area contributed by atoms with Crippen LogP contribution < -0.4 is 5.73 Å². The Labute approximate surface area is 89.8 Å². The third-order valence-electron chi connectivity index (χ3n) is 2.93. The first-order chi connectivity index (χ1) is 7.35. The largest absolute Gasteiger partial charge is 0.378 e. The molecule has 2 N–H and O–H groups in total. The lowest BCUT2D eigenvalue weighted by atomic mass is 10.2. The quantitative estimate of drug-likeness (QED) is 0.742. The van der Waals surface area contributed by atoms with Crippen molar-refractivity contribution in [2.75, 3.05) is 33.3 Å². The summed E-state index contributed by atoms with van der Waals surface area (Å²) in [5.74, 6) is 0. The van der Waals surface area contributed by atoms with Gasteiger partial charge in [0.15, 0.2) is 0 Å². The van der Waals surface area contributed by atoms with E-state index in [0.717, 1.165) is 19.6 Å². The molecule has 0 spiro atoms. The Hall–Kier alpha value is -0.910. The fourth-order valence-corrected chi connectivity index (χ4v) is 2.16. The van der Waals surface area contributed by atoms with E-state index in [-0.39, 0.29) is 6.10 Å². The molecule has 0 unspecified atom stereocenters. The van der Waals surface area contributed by atoms with E-state index in [0.29, 0.717) is 12.6 Å². The Bertz CT molecular complexity index is 288. The minimum Gasteiger partial charge on any atom is -0.378 e. The monoisotopic (exact) mass is 210 g/mol. The number of methoxy groups -OCH3 is 1. The normalized spacial score (nSPS) is 27.3. The van der Waals surface area contributed by atoms with Crippen LogP contribution in [-0.2, 0) is 4.74 Å². The van der Waals surface area contributed by atoms with Crippen LogP contribution in [0.3, 0.4) is 0 Å². The van der Waals surface area contributed by atoms with Crippen molar-refractivity contribution in [3.8, 4) is 0 Å². The summed E-state index contributed by atoms with van der Waals surface area (Å²) in [4.78, 5) is 2.32. The summed E-state index contributed by atoms with van der Waals surface area (Å²) < 4.78 is 7.46. The molecule has 1 saturated heterocycles. The summed E-state index contributed by atoms with van der Waals surface area (Å²) in [7, 11) is 1.76. The number of hydrogen-bond acceptors (Lipinski definition) is 4. The van der Waals surface area contributed by atoms with Gasteiger partial charge < -0.3 is 10.5 Å². The Morgan fingerprint density at radius 2 is 2.40 bits per heavy atom. The Kier molecular flexibility index (Phi) is 3.35. The Morgan fingerprint density at radius 1 is 1.53 bits per heavy atom. The summed E-state index contributed by atoms with van der Waals surface area (Å²) in [5, 5.41) is 4.27. The second-order valence-electron chi connectivity index (χ2n) is 3.88. The van der Waals surface area contributed by atoms with Crippen molar-refractivity contribution in [1.82, 2.24) is 14.7 Å². The smallest absolute Gasteiger partial charge is 0.0934 e. The zero-order valence-corrected chi connectivity index (χ0v) is 9.04. The van der Waals surface area contributed by atoms with Gasteiger partial charge in [-0.1, -0.05) is 0 Å². The molecule has 1 aromatic heterocycles. The highest BCUT2D eigenvalue weighted by Gasteiger charge is 2.33. The van der Waals surface area contributed by atoms with E-state index in [1.807, 2.05) is 16.9 Å². The van der Waals surface area contributed by atoms with Gasteiger partial charge in [0.2, 0.25) is 0 Å². The molecule has 0 aromatic carbocycles. The predicted molar refractivity (Wildman–Crippen MR) is 57.6 cm³/mol.